The standard InChI is InChI=1S/C9H20N4O3S/c1-7(10)9(14)13-4-2-3-8(6-13)5-12-17(11,15)16/h7-8,12H,2-6,10H2,1H3,(H2,11,15,16). The zero-order valence-electron chi connectivity index (χ0n) is 9.93. The van der Waals surface area contributed by atoms with E-state index in [0.717, 1.165) is 12.8 Å². The molecule has 0 spiro atoms. The van der Waals surface area contributed by atoms with Crippen molar-refractivity contribution in [2.45, 2.75) is 25.8 Å². The van der Waals surface area contributed by atoms with Gasteiger partial charge in [-0.25, -0.2) is 9.86 Å². The van der Waals surface area contributed by atoms with Gasteiger partial charge in [0.15, 0.2) is 0 Å². The molecule has 0 saturated carbocycles. The molecule has 0 aliphatic carbocycles. The molecule has 0 bridgehead atoms. The fourth-order valence-electron chi connectivity index (χ4n) is 1.95. The second-order valence-electron chi connectivity index (χ2n) is 4.47. The van der Waals surface area contributed by atoms with E-state index < -0.39 is 16.3 Å². The van der Waals surface area contributed by atoms with E-state index >= 15 is 0 Å². The fraction of sp³-hybridized carbons (Fsp3) is 0.889. The zero-order valence-corrected chi connectivity index (χ0v) is 10.7. The largest absolute Gasteiger partial charge is 0.341 e. The summed E-state index contributed by atoms with van der Waals surface area (Å²) in [5.41, 5.74) is 5.53. The lowest BCUT2D eigenvalue weighted by atomic mass is 9.98. The lowest BCUT2D eigenvalue weighted by molar-refractivity contribution is -0.133. The van der Waals surface area contributed by atoms with Gasteiger partial charge < -0.3 is 10.6 Å². The summed E-state index contributed by atoms with van der Waals surface area (Å²) in [6, 6.07) is -0.514. The van der Waals surface area contributed by atoms with Crippen molar-refractivity contribution in [3.63, 3.8) is 0 Å². The van der Waals surface area contributed by atoms with E-state index in [4.69, 9.17) is 10.9 Å². The molecule has 0 aromatic carbocycles. The van der Waals surface area contributed by atoms with Crippen LogP contribution in [0.3, 0.4) is 0 Å². The third kappa shape index (κ3) is 4.99. The topological polar surface area (TPSA) is 119 Å². The highest BCUT2D eigenvalue weighted by Crippen LogP contribution is 2.16. The number of hydrogen-bond donors (Lipinski definition) is 3. The van der Waals surface area contributed by atoms with Crippen LogP contribution in [0.2, 0.25) is 0 Å². The molecule has 1 aliphatic rings. The van der Waals surface area contributed by atoms with Crippen LogP contribution in [-0.4, -0.2) is 44.9 Å². The first kappa shape index (κ1) is 14.4. The second-order valence-corrected chi connectivity index (χ2v) is 5.85. The van der Waals surface area contributed by atoms with Crippen molar-refractivity contribution in [2.75, 3.05) is 19.6 Å². The first-order chi connectivity index (χ1) is 7.79. The maximum atomic E-state index is 11.7. The minimum atomic E-state index is -3.66. The number of amides is 1. The summed E-state index contributed by atoms with van der Waals surface area (Å²) in [6.07, 6.45) is 1.74. The fourth-order valence-corrected chi connectivity index (χ4v) is 2.42. The monoisotopic (exact) mass is 264 g/mol. The zero-order chi connectivity index (χ0) is 13.1. The highest BCUT2D eigenvalue weighted by Gasteiger charge is 2.25. The Labute approximate surface area is 102 Å². The minimum Gasteiger partial charge on any atom is -0.341 e. The van der Waals surface area contributed by atoms with Gasteiger partial charge in [0.2, 0.25) is 5.91 Å². The van der Waals surface area contributed by atoms with Gasteiger partial charge in [-0.1, -0.05) is 0 Å². The number of nitrogens with two attached hydrogens (primary N) is 2. The molecule has 1 fully saturated rings. The maximum Gasteiger partial charge on any atom is 0.274 e. The van der Waals surface area contributed by atoms with Crippen molar-refractivity contribution in [3.8, 4) is 0 Å². The highest BCUT2D eigenvalue weighted by molar-refractivity contribution is 7.87. The van der Waals surface area contributed by atoms with Crippen LogP contribution >= 0.6 is 0 Å². The van der Waals surface area contributed by atoms with Gasteiger partial charge in [0.05, 0.1) is 6.04 Å². The summed E-state index contributed by atoms with van der Waals surface area (Å²) >= 11 is 0. The van der Waals surface area contributed by atoms with E-state index in [1.54, 1.807) is 11.8 Å². The van der Waals surface area contributed by atoms with Gasteiger partial charge in [0, 0.05) is 19.6 Å². The van der Waals surface area contributed by atoms with Crippen molar-refractivity contribution in [1.29, 1.82) is 0 Å². The van der Waals surface area contributed by atoms with Crippen molar-refractivity contribution in [2.24, 2.45) is 16.8 Å². The quantitative estimate of drug-likeness (QED) is 0.564. The number of hydrogen-bond acceptors (Lipinski definition) is 4. The van der Waals surface area contributed by atoms with Gasteiger partial charge in [-0.3, -0.25) is 4.79 Å². The Morgan fingerprint density at radius 3 is 2.76 bits per heavy atom. The Bertz CT molecular complexity index is 368. The third-order valence-electron chi connectivity index (χ3n) is 2.79. The minimum absolute atomic E-state index is 0.0923. The van der Waals surface area contributed by atoms with Crippen LogP contribution in [0.25, 0.3) is 0 Å². The van der Waals surface area contributed by atoms with Gasteiger partial charge in [-0.15, -0.1) is 0 Å². The molecule has 0 aromatic rings. The molecule has 8 heteroatoms. The van der Waals surface area contributed by atoms with Gasteiger partial charge in [0.25, 0.3) is 10.2 Å². The van der Waals surface area contributed by atoms with E-state index in [-0.39, 0.29) is 18.4 Å². The van der Waals surface area contributed by atoms with Crippen LogP contribution in [-0.2, 0) is 15.0 Å². The van der Waals surface area contributed by atoms with Crippen LogP contribution < -0.4 is 15.6 Å². The molecule has 1 rings (SSSR count). The molecule has 17 heavy (non-hydrogen) atoms. The molecule has 1 heterocycles. The lowest BCUT2D eigenvalue weighted by Crippen LogP contribution is -2.49. The van der Waals surface area contributed by atoms with E-state index in [1.807, 2.05) is 0 Å². The van der Waals surface area contributed by atoms with Crippen molar-refractivity contribution < 1.29 is 13.2 Å². The molecule has 5 N–H and O–H groups in total. The van der Waals surface area contributed by atoms with Crippen molar-refractivity contribution >= 4 is 16.1 Å². The van der Waals surface area contributed by atoms with Gasteiger partial charge in [0.1, 0.15) is 0 Å². The number of likely N-dealkylation sites (tertiary alicyclic amines) is 1. The van der Waals surface area contributed by atoms with Crippen LogP contribution in [0.15, 0.2) is 0 Å². The van der Waals surface area contributed by atoms with Crippen molar-refractivity contribution in [3.05, 3.63) is 0 Å². The predicted molar refractivity (Wildman–Crippen MR) is 64.1 cm³/mol. The van der Waals surface area contributed by atoms with Gasteiger partial charge in [-0.2, -0.15) is 8.42 Å². The van der Waals surface area contributed by atoms with E-state index in [1.165, 1.54) is 0 Å². The van der Waals surface area contributed by atoms with Crippen molar-refractivity contribution in [1.82, 2.24) is 9.62 Å². The van der Waals surface area contributed by atoms with Gasteiger partial charge >= 0.3 is 0 Å². The summed E-state index contributed by atoms with van der Waals surface area (Å²) < 4.78 is 23.8. The molecule has 1 amide bonds. The first-order valence-corrected chi connectivity index (χ1v) is 7.16. The Hall–Kier alpha value is -0.700. The summed E-state index contributed by atoms with van der Waals surface area (Å²) in [5, 5.41) is 4.86. The van der Waals surface area contributed by atoms with E-state index in [2.05, 4.69) is 4.72 Å². The number of rotatable bonds is 4. The predicted octanol–water partition coefficient (Wildman–Crippen LogP) is -1.63. The van der Waals surface area contributed by atoms with Crippen LogP contribution in [0.5, 0.6) is 0 Å². The number of nitrogens with one attached hydrogen (secondary N) is 1. The molecule has 2 unspecified atom stereocenters. The number of carbonyl (C=O) groups excluding carboxylic acids is 1. The number of carbonyl (C=O) groups is 1. The molecular weight excluding hydrogens is 244 g/mol. The average molecular weight is 264 g/mol. The number of piperidine rings is 1. The molecule has 1 saturated heterocycles. The smallest absolute Gasteiger partial charge is 0.274 e. The molecule has 7 nitrogen and oxygen atoms in total. The van der Waals surface area contributed by atoms with E-state index in [9.17, 15) is 13.2 Å². The lowest BCUT2D eigenvalue weighted by Gasteiger charge is -2.33. The highest BCUT2D eigenvalue weighted by atomic mass is 32.2. The third-order valence-corrected chi connectivity index (χ3v) is 3.36. The summed E-state index contributed by atoms with van der Waals surface area (Å²) in [5.74, 6) is 0.00933. The second kappa shape index (κ2) is 5.76. The molecule has 100 valence electrons. The maximum absolute atomic E-state index is 11.7. The first-order valence-electron chi connectivity index (χ1n) is 5.61. The van der Waals surface area contributed by atoms with Crippen LogP contribution in [0.4, 0.5) is 0 Å². The Morgan fingerprint density at radius 2 is 2.24 bits per heavy atom. The Balaban J connectivity index is 2.47. The molecule has 1 aliphatic heterocycles. The Morgan fingerprint density at radius 1 is 1.59 bits per heavy atom. The normalized spacial score (nSPS) is 23.5. The molecule has 2 atom stereocenters. The van der Waals surface area contributed by atoms with Crippen LogP contribution in [0.1, 0.15) is 19.8 Å². The van der Waals surface area contributed by atoms with E-state index in [0.29, 0.717) is 13.1 Å². The summed E-state index contributed by atoms with van der Waals surface area (Å²) in [7, 11) is -3.66. The molecular formula is C9H20N4O3S. The number of nitrogens with zero attached hydrogens (tertiary/aromatic N) is 1. The Kier molecular flexibility index (Phi) is 4.87. The molecule has 0 radical (unpaired) electrons. The summed E-state index contributed by atoms with van der Waals surface area (Å²) in [4.78, 5) is 13.4. The average Bonchev–Trinajstić information content (AvgIpc) is 2.24. The summed E-state index contributed by atoms with van der Waals surface area (Å²) in [6.45, 7) is 3.13. The SMILES string of the molecule is CC(N)C(=O)N1CCCC(CNS(N)(=O)=O)C1. The molecule has 0 aromatic heterocycles. The van der Waals surface area contributed by atoms with Gasteiger partial charge in [-0.05, 0) is 25.7 Å². The van der Waals surface area contributed by atoms with Crippen LogP contribution in [0, 0.1) is 5.92 Å².